The van der Waals surface area contributed by atoms with Crippen LogP contribution in [0.2, 0.25) is 0 Å². The van der Waals surface area contributed by atoms with E-state index < -0.39 is 23.9 Å². The Bertz CT molecular complexity index is 1040. The Morgan fingerprint density at radius 2 is 1.57 bits per heavy atom. The number of benzene rings is 2. The van der Waals surface area contributed by atoms with Gasteiger partial charge in [-0.3, -0.25) is 9.59 Å². The number of fused-ring (bicyclic) bond motifs is 3. The number of rotatable bonds is 8. The Labute approximate surface area is 206 Å². The van der Waals surface area contributed by atoms with Crippen molar-refractivity contribution in [2.45, 2.75) is 51.5 Å². The second-order valence-electron chi connectivity index (χ2n) is 9.90. The van der Waals surface area contributed by atoms with E-state index in [2.05, 4.69) is 34.9 Å². The normalized spacial score (nSPS) is 20.0. The van der Waals surface area contributed by atoms with E-state index in [1.807, 2.05) is 38.1 Å². The number of ether oxygens (including phenoxy) is 1. The van der Waals surface area contributed by atoms with Gasteiger partial charge in [0.25, 0.3) is 0 Å². The van der Waals surface area contributed by atoms with Crippen LogP contribution in [-0.2, 0) is 14.3 Å². The average Bonchev–Trinajstić information content (AvgIpc) is 3.16. The number of nitrogens with one attached hydrogen (secondary N) is 2. The number of carbonyl (C=O) groups excluding carboxylic acids is 2. The van der Waals surface area contributed by atoms with Crippen molar-refractivity contribution >= 4 is 18.0 Å². The molecular weight excluding hydrogens is 444 g/mol. The lowest BCUT2D eigenvalue weighted by molar-refractivity contribution is -0.144. The molecule has 2 amide bonds. The first-order valence-electron chi connectivity index (χ1n) is 12.5. The van der Waals surface area contributed by atoms with Crippen LogP contribution in [0.15, 0.2) is 48.5 Å². The van der Waals surface area contributed by atoms with Crippen LogP contribution < -0.4 is 10.6 Å². The molecule has 35 heavy (non-hydrogen) atoms. The molecular formula is C28H34N2O5. The van der Waals surface area contributed by atoms with Gasteiger partial charge in [-0.05, 0) is 41.0 Å². The minimum atomic E-state index is -0.868. The summed E-state index contributed by atoms with van der Waals surface area (Å²) in [5.41, 5.74) is 4.61. The van der Waals surface area contributed by atoms with Gasteiger partial charge in [0.2, 0.25) is 5.91 Å². The third-order valence-electron chi connectivity index (χ3n) is 7.36. The second kappa shape index (κ2) is 10.9. The molecule has 1 unspecified atom stereocenters. The highest BCUT2D eigenvalue weighted by Crippen LogP contribution is 2.44. The van der Waals surface area contributed by atoms with Crippen LogP contribution in [0.4, 0.5) is 4.79 Å². The van der Waals surface area contributed by atoms with Crippen LogP contribution in [-0.4, -0.2) is 42.3 Å². The van der Waals surface area contributed by atoms with Crippen molar-refractivity contribution in [3.05, 3.63) is 59.7 Å². The van der Waals surface area contributed by atoms with E-state index in [1.165, 1.54) is 0 Å². The molecule has 0 aliphatic heterocycles. The Morgan fingerprint density at radius 1 is 0.971 bits per heavy atom. The molecule has 2 aliphatic rings. The van der Waals surface area contributed by atoms with Gasteiger partial charge in [-0.2, -0.15) is 0 Å². The highest BCUT2D eigenvalue weighted by molar-refractivity contribution is 5.82. The summed E-state index contributed by atoms with van der Waals surface area (Å²) in [5.74, 6) is -2.19. The van der Waals surface area contributed by atoms with Crippen LogP contribution in [0, 0.1) is 17.8 Å². The topological polar surface area (TPSA) is 105 Å². The van der Waals surface area contributed by atoms with Crippen molar-refractivity contribution in [3.8, 4) is 11.1 Å². The molecule has 7 nitrogen and oxygen atoms in total. The minimum Gasteiger partial charge on any atom is -0.481 e. The summed E-state index contributed by atoms with van der Waals surface area (Å²) < 4.78 is 5.59. The molecule has 3 N–H and O–H groups in total. The highest BCUT2D eigenvalue weighted by Gasteiger charge is 2.34. The Kier molecular flexibility index (Phi) is 7.73. The molecule has 2 aromatic carbocycles. The summed E-state index contributed by atoms with van der Waals surface area (Å²) in [6.45, 7) is 4.17. The maximum Gasteiger partial charge on any atom is 0.407 e. The Morgan fingerprint density at radius 3 is 2.17 bits per heavy atom. The molecule has 0 aromatic heterocycles. The second-order valence-corrected chi connectivity index (χ2v) is 9.90. The van der Waals surface area contributed by atoms with Gasteiger partial charge in [0.1, 0.15) is 6.61 Å². The Balaban J connectivity index is 1.33. The quantitative estimate of drug-likeness (QED) is 0.516. The third-order valence-corrected chi connectivity index (χ3v) is 7.36. The van der Waals surface area contributed by atoms with Gasteiger partial charge < -0.3 is 20.5 Å². The van der Waals surface area contributed by atoms with E-state index in [4.69, 9.17) is 4.74 Å². The molecule has 0 spiro atoms. The summed E-state index contributed by atoms with van der Waals surface area (Å²) in [6, 6.07) is 15.9. The third kappa shape index (κ3) is 5.50. The molecule has 0 saturated heterocycles. The smallest absolute Gasteiger partial charge is 0.407 e. The van der Waals surface area contributed by atoms with Gasteiger partial charge in [0, 0.05) is 18.5 Å². The molecule has 7 heteroatoms. The van der Waals surface area contributed by atoms with Crippen LogP contribution in [0.1, 0.15) is 56.6 Å². The number of carboxylic acid groups (broad SMARTS) is 1. The maximum absolute atomic E-state index is 13.0. The molecule has 4 rings (SSSR count). The van der Waals surface area contributed by atoms with Crippen molar-refractivity contribution in [2.75, 3.05) is 13.2 Å². The largest absolute Gasteiger partial charge is 0.481 e. The summed E-state index contributed by atoms with van der Waals surface area (Å²) >= 11 is 0. The van der Waals surface area contributed by atoms with Crippen LogP contribution >= 0.6 is 0 Å². The number of hydrogen-bond acceptors (Lipinski definition) is 4. The highest BCUT2D eigenvalue weighted by atomic mass is 16.5. The summed E-state index contributed by atoms with van der Waals surface area (Å²) in [6.07, 6.45) is 2.43. The van der Waals surface area contributed by atoms with Gasteiger partial charge in [-0.1, -0.05) is 75.2 Å². The monoisotopic (exact) mass is 478 g/mol. The zero-order valence-corrected chi connectivity index (χ0v) is 20.3. The zero-order chi connectivity index (χ0) is 24.9. The average molecular weight is 479 g/mol. The van der Waals surface area contributed by atoms with Crippen LogP contribution in [0.25, 0.3) is 11.1 Å². The van der Waals surface area contributed by atoms with E-state index in [0.29, 0.717) is 12.8 Å². The van der Waals surface area contributed by atoms with Gasteiger partial charge in [0.15, 0.2) is 0 Å². The summed E-state index contributed by atoms with van der Waals surface area (Å²) in [5, 5.41) is 15.2. The van der Waals surface area contributed by atoms with Crippen molar-refractivity contribution in [3.63, 3.8) is 0 Å². The Hall–Kier alpha value is -3.35. The first-order valence-corrected chi connectivity index (χ1v) is 12.5. The van der Waals surface area contributed by atoms with Gasteiger partial charge >= 0.3 is 12.1 Å². The predicted molar refractivity (Wildman–Crippen MR) is 133 cm³/mol. The number of carbonyl (C=O) groups is 3. The number of carboxylic acids is 1. The molecule has 2 aliphatic carbocycles. The van der Waals surface area contributed by atoms with Gasteiger partial charge in [-0.25, -0.2) is 4.79 Å². The van der Waals surface area contributed by atoms with Crippen molar-refractivity contribution in [2.24, 2.45) is 17.8 Å². The molecule has 3 atom stereocenters. The van der Waals surface area contributed by atoms with E-state index in [9.17, 15) is 19.5 Å². The van der Waals surface area contributed by atoms with Crippen molar-refractivity contribution in [1.29, 1.82) is 0 Å². The number of alkyl carbamates (subject to hydrolysis) is 1. The number of aliphatic carboxylic acids is 1. The van der Waals surface area contributed by atoms with Crippen molar-refractivity contribution in [1.82, 2.24) is 10.6 Å². The van der Waals surface area contributed by atoms with Crippen LogP contribution in [0.5, 0.6) is 0 Å². The zero-order valence-electron chi connectivity index (χ0n) is 20.3. The molecule has 0 bridgehead atoms. The van der Waals surface area contributed by atoms with E-state index in [-0.39, 0.29) is 36.9 Å². The van der Waals surface area contributed by atoms with E-state index >= 15 is 0 Å². The fraction of sp³-hybridized carbons (Fsp3) is 0.464. The molecule has 2 aromatic rings. The molecule has 0 heterocycles. The predicted octanol–water partition coefficient (Wildman–Crippen LogP) is 4.56. The van der Waals surface area contributed by atoms with Gasteiger partial charge in [0.05, 0.1) is 11.8 Å². The van der Waals surface area contributed by atoms with Gasteiger partial charge in [-0.15, -0.1) is 0 Å². The lowest BCUT2D eigenvalue weighted by Crippen LogP contribution is -2.50. The molecule has 0 radical (unpaired) electrons. The lowest BCUT2D eigenvalue weighted by atomic mass is 9.83. The maximum atomic E-state index is 13.0. The first kappa shape index (κ1) is 24.8. The number of amides is 2. The minimum absolute atomic E-state index is 0.0309. The molecule has 1 saturated carbocycles. The van der Waals surface area contributed by atoms with Crippen molar-refractivity contribution < 1.29 is 24.2 Å². The first-order chi connectivity index (χ1) is 16.9. The molecule has 1 fully saturated rings. The standard InChI is InChI=1S/C28H34N2O5/c1-17(2)23(26(31)30-25-14-8-7-13-22(25)27(32)33)15-29-28(34)35-16-24-20-11-5-3-9-18(20)19-10-4-6-12-21(19)24/h3-6,9-12,17,22-25H,7-8,13-16H2,1-2H3,(H,29,34)(H,30,31)(H,32,33)/t22-,23?,25+/m0/s1. The van der Waals surface area contributed by atoms with E-state index in [0.717, 1.165) is 35.1 Å². The summed E-state index contributed by atoms with van der Waals surface area (Å²) in [4.78, 5) is 37.1. The van der Waals surface area contributed by atoms with Crippen LogP contribution in [0.3, 0.4) is 0 Å². The molecule has 186 valence electrons. The lowest BCUT2D eigenvalue weighted by Gasteiger charge is -2.31. The fourth-order valence-electron chi connectivity index (χ4n) is 5.36. The fourth-order valence-corrected chi connectivity index (χ4v) is 5.36. The summed E-state index contributed by atoms with van der Waals surface area (Å²) in [7, 11) is 0. The number of hydrogen-bond donors (Lipinski definition) is 3. The van der Waals surface area contributed by atoms with E-state index in [1.54, 1.807) is 0 Å². The SMILES string of the molecule is CC(C)C(CNC(=O)OCC1c2ccccc2-c2ccccc21)C(=O)N[C@@H]1CCCC[C@@H]1C(=O)O.